The van der Waals surface area contributed by atoms with Gasteiger partial charge in [-0.2, -0.15) is 13.2 Å². The number of likely N-dealkylation sites (N-methyl/N-ethyl adjacent to an activating group) is 1. The summed E-state index contributed by atoms with van der Waals surface area (Å²) < 4.78 is 38.4. The fourth-order valence-electron chi connectivity index (χ4n) is 3.26. The van der Waals surface area contributed by atoms with E-state index in [4.69, 9.17) is 5.73 Å². The summed E-state index contributed by atoms with van der Waals surface area (Å²) in [6.07, 6.45) is -1.41. The summed E-state index contributed by atoms with van der Waals surface area (Å²) in [6, 6.07) is 2.30. The molecule has 3 rings (SSSR count). The molecule has 1 aromatic rings. The van der Waals surface area contributed by atoms with Crippen LogP contribution in [0.15, 0.2) is 6.07 Å². The van der Waals surface area contributed by atoms with E-state index in [2.05, 4.69) is 21.9 Å². The second-order valence-electron chi connectivity index (χ2n) is 5.76. The fourth-order valence-corrected chi connectivity index (χ4v) is 3.26. The number of nitrogen functional groups attached to an aromatic ring is 1. The van der Waals surface area contributed by atoms with Gasteiger partial charge in [0, 0.05) is 31.2 Å². The Kier molecular flexibility index (Phi) is 3.43. The second kappa shape index (κ2) is 5.01. The van der Waals surface area contributed by atoms with Crippen molar-refractivity contribution in [1.82, 2.24) is 14.9 Å². The van der Waals surface area contributed by atoms with E-state index < -0.39 is 12.0 Å². The molecule has 116 valence electrons. The van der Waals surface area contributed by atoms with E-state index in [0.29, 0.717) is 25.2 Å². The van der Waals surface area contributed by atoms with E-state index in [9.17, 15) is 13.2 Å². The van der Waals surface area contributed by atoms with Crippen LogP contribution in [0.4, 0.5) is 24.8 Å². The highest BCUT2D eigenvalue weighted by atomic mass is 19.4. The van der Waals surface area contributed by atoms with Gasteiger partial charge in [-0.15, -0.1) is 0 Å². The summed E-state index contributed by atoms with van der Waals surface area (Å²) in [4.78, 5) is 11.2. The summed E-state index contributed by atoms with van der Waals surface area (Å²) >= 11 is 0. The molecule has 0 amide bonds. The minimum atomic E-state index is -4.58. The number of fused-ring (bicyclic) bond motifs is 2. The molecule has 0 saturated carbocycles. The van der Waals surface area contributed by atoms with E-state index >= 15 is 0 Å². The van der Waals surface area contributed by atoms with Crippen molar-refractivity contribution in [3.63, 3.8) is 0 Å². The predicted octanol–water partition coefficient (Wildman–Crippen LogP) is 1.75. The van der Waals surface area contributed by atoms with Crippen molar-refractivity contribution in [3.05, 3.63) is 11.9 Å². The first kappa shape index (κ1) is 14.4. The van der Waals surface area contributed by atoms with Crippen LogP contribution in [0.5, 0.6) is 0 Å². The number of nitrogens with zero attached hydrogens (tertiary/aromatic N) is 4. The van der Waals surface area contributed by atoms with Gasteiger partial charge in [0.1, 0.15) is 11.6 Å². The monoisotopic (exact) mass is 301 g/mol. The van der Waals surface area contributed by atoms with Gasteiger partial charge in [-0.3, -0.25) is 4.90 Å². The molecule has 2 atom stereocenters. The van der Waals surface area contributed by atoms with Gasteiger partial charge in [-0.05, 0) is 26.3 Å². The lowest BCUT2D eigenvalue weighted by Gasteiger charge is -2.27. The smallest absolute Gasteiger partial charge is 0.384 e. The van der Waals surface area contributed by atoms with Gasteiger partial charge in [0.15, 0.2) is 0 Å². The van der Waals surface area contributed by atoms with E-state index in [1.54, 1.807) is 0 Å². The third-order valence-electron chi connectivity index (χ3n) is 4.46. The van der Waals surface area contributed by atoms with Crippen molar-refractivity contribution >= 4 is 11.6 Å². The lowest BCUT2D eigenvalue weighted by atomic mass is 10.1. The van der Waals surface area contributed by atoms with Gasteiger partial charge in [-0.25, -0.2) is 9.97 Å². The van der Waals surface area contributed by atoms with E-state index in [1.165, 1.54) is 6.07 Å². The zero-order valence-corrected chi connectivity index (χ0v) is 11.8. The maximum atomic E-state index is 12.8. The van der Waals surface area contributed by atoms with E-state index in [0.717, 1.165) is 19.3 Å². The molecule has 2 saturated heterocycles. The van der Waals surface area contributed by atoms with Crippen LogP contribution in [-0.2, 0) is 6.18 Å². The molecular weight excluding hydrogens is 283 g/mol. The first-order valence-electron chi connectivity index (χ1n) is 7.03. The molecule has 0 radical (unpaired) electrons. The van der Waals surface area contributed by atoms with Crippen LogP contribution in [0.25, 0.3) is 0 Å². The first-order chi connectivity index (χ1) is 9.84. The highest BCUT2D eigenvalue weighted by Gasteiger charge is 2.38. The summed E-state index contributed by atoms with van der Waals surface area (Å²) in [6.45, 7) is 1.38. The molecule has 0 spiro atoms. The van der Waals surface area contributed by atoms with Gasteiger partial charge < -0.3 is 10.6 Å². The number of anilines is 2. The number of aromatic nitrogens is 2. The highest BCUT2D eigenvalue weighted by Crippen LogP contribution is 2.32. The van der Waals surface area contributed by atoms with Crippen molar-refractivity contribution in [2.24, 2.45) is 0 Å². The normalized spacial score (nSPS) is 27.0. The number of nitrogens with two attached hydrogens (primary N) is 1. The van der Waals surface area contributed by atoms with Crippen molar-refractivity contribution in [2.45, 2.75) is 37.5 Å². The molecule has 0 aliphatic carbocycles. The lowest BCUT2D eigenvalue weighted by molar-refractivity contribution is -0.144. The molecule has 2 aliphatic rings. The van der Waals surface area contributed by atoms with E-state index in [-0.39, 0.29) is 11.6 Å². The topological polar surface area (TPSA) is 58.3 Å². The Labute approximate surface area is 120 Å². The Balaban J connectivity index is 1.88. The van der Waals surface area contributed by atoms with Crippen molar-refractivity contribution in [1.29, 1.82) is 0 Å². The Bertz CT molecular complexity index is 533. The largest absolute Gasteiger partial charge is 0.451 e. The van der Waals surface area contributed by atoms with Crippen molar-refractivity contribution in [3.8, 4) is 0 Å². The zero-order valence-electron chi connectivity index (χ0n) is 11.8. The summed E-state index contributed by atoms with van der Waals surface area (Å²) in [5.41, 5.74) is 5.52. The molecule has 3 heterocycles. The fraction of sp³-hybridized carbons (Fsp3) is 0.692. The first-order valence-corrected chi connectivity index (χ1v) is 7.03. The second-order valence-corrected chi connectivity index (χ2v) is 5.76. The molecule has 2 N–H and O–H groups in total. The Morgan fingerprint density at radius 3 is 2.62 bits per heavy atom. The van der Waals surface area contributed by atoms with Crippen LogP contribution in [0.1, 0.15) is 25.1 Å². The molecule has 2 fully saturated rings. The number of hydrogen-bond donors (Lipinski definition) is 1. The average Bonchev–Trinajstić information content (AvgIpc) is 2.61. The van der Waals surface area contributed by atoms with Crippen LogP contribution in [0.3, 0.4) is 0 Å². The van der Waals surface area contributed by atoms with Crippen LogP contribution < -0.4 is 10.6 Å². The van der Waals surface area contributed by atoms with Crippen LogP contribution in [0, 0.1) is 0 Å². The minimum absolute atomic E-state index is 0.143. The van der Waals surface area contributed by atoms with Gasteiger partial charge in [0.05, 0.1) is 0 Å². The molecule has 0 aromatic carbocycles. The van der Waals surface area contributed by atoms with Crippen LogP contribution in [-0.4, -0.2) is 47.1 Å². The Morgan fingerprint density at radius 1 is 1.19 bits per heavy atom. The molecule has 2 bridgehead atoms. The van der Waals surface area contributed by atoms with E-state index in [1.807, 2.05) is 4.90 Å². The number of alkyl halides is 3. The quantitative estimate of drug-likeness (QED) is 0.856. The maximum Gasteiger partial charge on any atom is 0.451 e. The highest BCUT2D eigenvalue weighted by molar-refractivity contribution is 5.47. The van der Waals surface area contributed by atoms with Crippen LogP contribution in [0.2, 0.25) is 0 Å². The number of hydrogen-bond acceptors (Lipinski definition) is 5. The van der Waals surface area contributed by atoms with Crippen molar-refractivity contribution < 1.29 is 13.2 Å². The predicted molar refractivity (Wildman–Crippen MR) is 72.8 cm³/mol. The van der Waals surface area contributed by atoms with Crippen LogP contribution >= 0.6 is 0 Å². The minimum Gasteiger partial charge on any atom is -0.384 e. The summed E-state index contributed by atoms with van der Waals surface area (Å²) in [5.74, 6) is -1.04. The van der Waals surface area contributed by atoms with Gasteiger partial charge in [0.2, 0.25) is 5.82 Å². The van der Waals surface area contributed by atoms with Gasteiger partial charge >= 0.3 is 6.18 Å². The van der Waals surface area contributed by atoms with Crippen molar-refractivity contribution in [2.75, 3.05) is 30.8 Å². The molecule has 2 aliphatic heterocycles. The van der Waals surface area contributed by atoms with Gasteiger partial charge in [-0.1, -0.05) is 0 Å². The molecule has 5 nitrogen and oxygen atoms in total. The number of rotatable bonds is 1. The number of halogens is 3. The third kappa shape index (κ3) is 2.76. The molecule has 2 unspecified atom stereocenters. The van der Waals surface area contributed by atoms with Gasteiger partial charge in [0.25, 0.3) is 0 Å². The Morgan fingerprint density at radius 2 is 1.90 bits per heavy atom. The summed E-state index contributed by atoms with van der Waals surface area (Å²) in [7, 11) is 2.08. The SMILES string of the molecule is CN1C2CCC1CN(c1cc(N)nc(C(F)(F)F)n1)CC2. The standard InChI is InChI=1S/C13H18F3N5/c1-20-8-2-3-9(20)7-21(5-4-8)11-6-10(17)18-12(19-11)13(14,15)16/h6,8-9H,2-5,7H2,1H3,(H2,17,18,19). The molecule has 8 heteroatoms. The molecule has 21 heavy (non-hydrogen) atoms. The average molecular weight is 301 g/mol. The third-order valence-corrected chi connectivity index (χ3v) is 4.46. The molecule has 1 aromatic heterocycles. The molecular formula is C13H18F3N5. The Hall–Kier alpha value is -1.57. The maximum absolute atomic E-state index is 12.8. The zero-order chi connectivity index (χ0) is 15.2. The summed E-state index contributed by atoms with van der Waals surface area (Å²) in [5, 5.41) is 0. The lowest BCUT2D eigenvalue weighted by Crippen LogP contribution is -2.37.